The van der Waals surface area contributed by atoms with Crippen LogP contribution in [0.15, 0.2) is 24.4 Å². The molecule has 0 spiro atoms. The Morgan fingerprint density at radius 3 is 2.46 bits per heavy atom. The fraction of sp³-hybridized carbons (Fsp3) is 0.500. The predicted molar refractivity (Wildman–Crippen MR) is 99.7 cm³/mol. The van der Waals surface area contributed by atoms with Crippen LogP contribution in [-0.2, 0) is 20.6 Å². The Hall–Kier alpha value is -2.19. The third-order valence-corrected chi connectivity index (χ3v) is 5.21. The SMILES string of the molecule is COc1cc(B2OC(C)(C)C(C)(C)O2)c2ccn(CCOC(N)=O)c2c1. The van der Waals surface area contributed by atoms with Crippen molar-refractivity contribution in [3.8, 4) is 5.75 Å². The molecule has 140 valence electrons. The van der Waals surface area contributed by atoms with Crippen molar-refractivity contribution >= 4 is 29.6 Å². The largest absolute Gasteiger partial charge is 0.497 e. The average Bonchev–Trinajstić information content (AvgIpc) is 3.04. The van der Waals surface area contributed by atoms with Gasteiger partial charge in [-0.05, 0) is 50.7 Å². The first-order valence-corrected chi connectivity index (χ1v) is 8.59. The highest BCUT2D eigenvalue weighted by molar-refractivity contribution is 6.65. The lowest BCUT2D eigenvalue weighted by Crippen LogP contribution is -2.41. The normalized spacial score (nSPS) is 18.3. The van der Waals surface area contributed by atoms with Crippen molar-refractivity contribution in [1.29, 1.82) is 0 Å². The smallest absolute Gasteiger partial charge is 0.495 e. The van der Waals surface area contributed by atoms with Crippen LogP contribution in [0, 0.1) is 0 Å². The van der Waals surface area contributed by atoms with Crippen LogP contribution in [0.5, 0.6) is 5.75 Å². The Balaban J connectivity index is 1.98. The topological polar surface area (TPSA) is 84.9 Å². The van der Waals surface area contributed by atoms with Gasteiger partial charge in [-0.15, -0.1) is 0 Å². The van der Waals surface area contributed by atoms with Gasteiger partial charge in [-0.2, -0.15) is 0 Å². The number of primary amides is 1. The van der Waals surface area contributed by atoms with Crippen LogP contribution >= 0.6 is 0 Å². The molecule has 2 N–H and O–H groups in total. The van der Waals surface area contributed by atoms with Gasteiger partial charge in [-0.3, -0.25) is 0 Å². The van der Waals surface area contributed by atoms with Gasteiger partial charge in [-0.1, -0.05) is 0 Å². The van der Waals surface area contributed by atoms with Crippen molar-refractivity contribution in [3.05, 3.63) is 24.4 Å². The Bertz CT molecular complexity index is 814. The molecule has 2 aromatic rings. The number of hydrogen-bond donors (Lipinski definition) is 1. The van der Waals surface area contributed by atoms with Crippen molar-refractivity contribution in [2.45, 2.75) is 45.4 Å². The zero-order chi connectivity index (χ0) is 19.1. The second-order valence-electron chi connectivity index (χ2n) is 7.41. The summed E-state index contributed by atoms with van der Waals surface area (Å²) in [6.07, 6.45) is 1.15. The van der Waals surface area contributed by atoms with Crippen LogP contribution in [0.4, 0.5) is 4.79 Å². The first kappa shape index (κ1) is 18.6. The number of benzene rings is 1. The molecule has 1 aromatic heterocycles. The van der Waals surface area contributed by atoms with Crippen molar-refractivity contribution in [3.63, 3.8) is 0 Å². The van der Waals surface area contributed by atoms with Gasteiger partial charge in [0.1, 0.15) is 12.4 Å². The van der Waals surface area contributed by atoms with E-state index in [0.717, 1.165) is 16.4 Å². The Labute approximate surface area is 153 Å². The molecule has 0 atom stereocenters. The number of methoxy groups -OCH3 is 1. The summed E-state index contributed by atoms with van der Waals surface area (Å²) in [6.45, 7) is 8.78. The van der Waals surface area contributed by atoms with Crippen molar-refractivity contribution in [2.75, 3.05) is 13.7 Å². The van der Waals surface area contributed by atoms with Crippen LogP contribution < -0.4 is 15.9 Å². The van der Waals surface area contributed by atoms with E-state index in [2.05, 4.69) is 0 Å². The molecule has 0 radical (unpaired) electrons. The quantitative estimate of drug-likeness (QED) is 0.825. The molecule has 2 heterocycles. The van der Waals surface area contributed by atoms with E-state index < -0.39 is 24.4 Å². The minimum absolute atomic E-state index is 0.197. The number of carbonyl (C=O) groups is 1. The second kappa shape index (κ2) is 6.52. The summed E-state index contributed by atoms with van der Waals surface area (Å²) in [4.78, 5) is 10.8. The van der Waals surface area contributed by atoms with Gasteiger partial charge in [0, 0.05) is 12.3 Å². The summed E-state index contributed by atoms with van der Waals surface area (Å²) in [5, 5.41) is 1.00. The van der Waals surface area contributed by atoms with E-state index in [1.165, 1.54) is 0 Å². The molecule has 0 saturated carbocycles. The maximum absolute atomic E-state index is 10.8. The number of aromatic nitrogens is 1. The fourth-order valence-corrected chi connectivity index (χ4v) is 3.02. The average molecular weight is 360 g/mol. The van der Waals surface area contributed by atoms with Crippen LogP contribution in [-0.4, -0.2) is 42.7 Å². The zero-order valence-corrected chi connectivity index (χ0v) is 15.9. The number of carbonyl (C=O) groups excluding carboxylic acids is 1. The van der Waals surface area contributed by atoms with E-state index in [1.54, 1.807) is 7.11 Å². The summed E-state index contributed by atoms with van der Waals surface area (Å²) >= 11 is 0. The monoisotopic (exact) mass is 360 g/mol. The lowest BCUT2D eigenvalue weighted by Gasteiger charge is -2.32. The van der Waals surface area contributed by atoms with Crippen molar-refractivity contribution in [1.82, 2.24) is 4.57 Å². The third-order valence-electron chi connectivity index (χ3n) is 5.21. The van der Waals surface area contributed by atoms with Crippen molar-refractivity contribution in [2.24, 2.45) is 5.73 Å². The molecule has 1 aliphatic rings. The molecule has 1 fully saturated rings. The number of rotatable bonds is 5. The van der Waals surface area contributed by atoms with E-state index in [4.69, 9.17) is 24.5 Å². The standard InChI is InChI=1S/C18H25BN2O5/c1-17(2)18(3,4)26-19(25-17)14-10-12(23-5)11-15-13(14)6-7-21(15)8-9-24-16(20)22/h6-7,10-11H,8-9H2,1-5H3,(H2,20,22). The van der Waals surface area contributed by atoms with Gasteiger partial charge < -0.3 is 29.1 Å². The summed E-state index contributed by atoms with van der Waals surface area (Å²) in [5.74, 6) is 0.706. The molecule has 26 heavy (non-hydrogen) atoms. The molecular weight excluding hydrogens is 335 g/mol. The molecular formula is C18H25BN2O5. The zero-order valence-electron chi connectivity index (χ0n) is 15.9. The van der Waals surface area contributed by atoms with Crippen LogP contribution in [0.3, 0.4) is 0 Å². The highest BCUT2D eigenvalue weighted by Gasteiger charge is 2.52. The highest BCUT2D eigenvalue weighted by atomic mass is 16.7. The van der Waals surface area contributed by atoms with Gasteiger partial charge >= 0.3 is 13.2 Å². The maximum Gasteiger partial charge on any atom is 0.495 e. The molecule has 0 unspecified atom stereocenters. The number of amides is 1. The molecule has 3 rings (SSSR count). The Kier molecular flexibility index (Phi) is 4.66. The lowest BCUT2D eigenvalue weighted by atomic mass is 9.77. The molecule has 0 bridgehead atoms. The van der Waals surface area contributed by atoms with E-state index in [9.17, 15) is 4.79 Å². The number of fused-ring (bicyclic) bond motifs is 1. The first-order chi connectivity index (χ1) is 12.1. The first-order valence-electron chi connectivity index (χ1n) is 8.59. The molecule has 1 aromatic carbocycles. The molecule has 1 amide bonds. The summed E-state index contributed by atoms with van der Waals surface area (Å²) < 4.78 is 24.7. The van der Waals surface area contributed by atoms with E-state index in [-0.39, 0.29) is 6.61 Å². The van der Waals surface area contributed by atoms with Crippen molar-refractivity contribution < 1.29 is 23.6 Å². The molecule has 1 saturated heterocycles. The van der Waals surface area contributed by atoms with E-state index in [0.29, 0.717) is 12.3 Å². The predicted octanol–water partition coefficient (Wildman–Crippen LogP) is 2.04. The summed E-state index contributed by atoms with van der Waals surface area (Å²) in [7, 11) is 1.13. The highest BCUT2D eigenvalue weighted by Crippen LogP contribution is 2.37. The second-order valence-corrected chi connectivity index (χ2v) is 7.41. The summed E-state index contributed by atoms with van der Waals surface area (Å²) in [5.41, 5.74) is 6.03. The van der Waals surface area contributed by atoms with Gasteiger partial charge in [0.05, 0.1) is 30.4 Å². The number of hydrogen-bond acceptors (Lipinski definition) is 5. The maximum atomic E-state index is 10.8. The molecule has 8 heteroatoms. The van der Waals surface area contributed by atoms with Crippen LogP contribution in [0.2, 0.25) is 0 Å². The van der Waals surface area contributed by atoms with Gasteiger partial charge in [0.2, 0.25) is 0 Å². The Morgan fingerprint density at radius 1 is 1.23 bits per heavy atom. The lowest BCUT2D eigenvalue weighted by molar-refractivity contribution is 0.00578. The number of ether oxygens (including phenoxy) is 2. The molecule has 0 aliphatic carbocycles. The number of nitrogens with zero attached hydrogens (tertiary/aromatic N) is 1. The van der Waals surface area contributed by atoms with Gasteiger partial charge in [-0.25, -0.2) is 4.79 Å². The molecule has 7 nitrogen and oxygen atoms in total. The van der Waals surface area contributed by atoms with E-state index in [1.807, 2.05) is 56.7 Å². The molecule has 1 aliphatic heterocycles. The van der Waals surface area contributed by atoms with Crippen LogP contribution in [0.25, 0.3) is 10.9 Å². The van der Waals surface area contributed by atoms with Gasteiger partial charge in [0.15, 0.2) is 0 Å². The fourth-order valence-electron chi connectivity index (χ4n) is 3.02. The third kappa shape index (κ3) is 3.26. The number of nitrogens with two attached hydrogens (primary N) is 1. The Morgan fingerprint density at radius 2 is 1.88 bits per heavy atom. The summed E-state index contributed by atoms with van der Waals surface area (Å²) in [6, 6.07) is 5.88. The van der Waals surface area contributed by atoms with E-state index >= 15 is 0 Å². The van der Waals surface area contributed by atoms with Gasteiger partial charge in [0.25, 0.3) is 0 Å². The minimum Gasteiger partial charge on any atom is -0.497 e. The van der Waals surface area contributed by atoms with Crippen LogP contribution in [0.1, 0.15) is 27.7 Å². The minimum atomic E-state index is -0.781.